The summed E-state index contributed by atoms with van der Waals surface area (Å²) in [5.41, 5.74) is 5.20. The van der Waals surface area contributed by atoms with Crippen LogP contribution in [0.1, 0.15) is 51.5 Å². The molecule has 38 heavy (non-hydrogen) atoms. The van der Waals surface area contributed by atoms with Crippen molar-refractivity contribution in [3.63, 3.8) is 0 Å². The summed E-state index contributed by atoms with van der Waals surface area (Å²) < 4.78 is 12.2. The van der Waals surface area contributed by atoms with Crippen LogP contribution in [0.5, 0.6) is 0 Å². The number of amides is 1. The number of nitrogens with zero attached hydrogens (tertiary/aromatic N) is 3. The zero-order chi connectivity index (χ0) is 27.4. The van der Waals surface area contributed by atoms with Gasteiger partial charge in [0.1, 0.15) is 0 Å². The first-order valence-corrected chi connectivity index (χ1v) is 13.0. The van der Waals surface area contributed by atoms with Gasteiger partial charge in [0.05, 0.1) is 34.9 Å². The average molecular weight is 532 g/mol. The van der Waals surface area contributed by atoms with E-state index in [1.807, 2.05) is 42.7 Å². The SMILES string of the molecule is CCOC(=O)c1ccc(N=C2S/C(=C\c3cc(C)n(-c4cccc(C(=O)OCC)c4)c3C)C(=O)N2C)cc1. The first-order valence-electron chi connectivity index (χ1n) is 12.2. The standard InChI is InChI=1S/C29H29N3O5S/c1-6-36-27(34)20-11-13-23(14-12-20)30-29-31(5)26(33)25(38-29)17-22-15-18(3)32(19(22)4)24-10-8-9-21(16-24)28(35)37-7-2/h8-17H,6-7H2,1-5H3/b25-17-,30-29?. The molecule has 0 aliphatic carbocycles. The van der Waals surface area contributed by atoms with E-state index in [0.29, 0.717) is 40.1 Å². The third-order valence-corrected chi connectivity index (χ3v) is 7.04. The Bertz CT molecular complexity index is 1450. The lowest BCUT2D eigenvalue weighted by Gasteiger charge is -2.11. The molecular weight excluding hydrogens is 502 g/mol. The van der Waals surface area contributed by atoms with Gasteiger partial charge in [0, 0.05) is 24.1 Å². The molecule has 3 aromatic rings. The van der Waals surface area contributed by atoms with Crippen LogP contribution in [0.15, 0.2) is 64.5 Å². The van der Waals surface area contributed by atoms with E-state index in [1.165, 1.54) is 16.7 Å². The lowest BCUT2D eigenvalue weighted by molar-refractivity contribution is -0.121. The third kappa shape index (κ3) is 5.57. The Morgan fingerprint density at radius 1 is 0.947 bits per heavy atom. The van der Waals surface area contributed by atoms with Gasteiger partial charge in [-0.05, 0) is 99.6 Å². The van der Waals surface area contributed by atoms with Crippen LogP contribution in [0.25, 0.3) is 11.8 Å². The largest absolute Gasteiger partial charge is 0.462 e. The highest BCUT2D eigenvalue weighted by Gasteiger charge is 2.31. The number of aromatic nitrogens is 1. The van der Waals surface area contributed by atoms with Gasteiger partial charge >= 0.3 is 11.9 Å². The highest BCUT2D eigenvalue weighted by atomic mass is 32.2. The highest BCUT2D eigenvalue weighted by molar-refractivity contribution is 8.18. The summed E-state index contributed by atoms with van der Waals surface area (Å²) in [7, 11) is 1.69. The van der Waals surface area contributed by atoms with Gasteiger partial charge in [-0.15, -0.1) is 0 Å². The Balaban J connectivity index is 1.60. The second kappa shape index (κ2) is 11.5. The molecule has 8 nitrogen and oxygen atoms in total. The number of aryl methyl sites for hydroxylation is 1. The number of rotatable bonds is 7. The van der Waals surface area contributed by atoms with Gasteiger partial charge in [0.25, 0.3) is 5.91 Å². The van der Waals surface area contributed by atoms with Crippen molar-refractivity contribution in [1.29, 1.82) is 0 Å². The smallest absolute Gasteiger partial charge is 0.338 e. The summed E-state index contributed by atoms with van der Waals surface area (Å²) >= 11 is 1.29. The van der Waals surface area contributed by atoms with E-state index in [4.69, 9.17) is 9.47 Å². The van der Waals surface area contributed by atoms with Crippen LogP contribution in [-0.4, -0.2) is 52.7 Å². The summed E-state index contributed by atoms with van der Waals surface area (Å²) in [6, 6.07) is 16.0. The molecule has 0 N–H and O–H groups in total. The van der Waals surface area contributed by atoms with Crippen molar-refractivity contribution < 1.29 is 23.9 Å². The number of esters is 2. The molecule has 1 aliphatic rings. The van der Waals surface area contributed by atoms with Gasteiger partial charge in [0.2, 0.25) is 0 Å². The van der Waals surface area contributed by atoms with Crippen LogP contribution in [0.3, 0.4) is 0 Å². The number of benzene rings is 2. The van der Waals surface area contributed by atoms with E-state index < -0.39 is 0 Å². The molecule has 2 aromatic carbocycles. The Morgan fingerprint density at radius 3 is 2.26 bits per heavy atom. The molecule has 2 heterocycles. The fourth-order valence-electron chi connectivity index (χ4n) is 4.11. The zero-order valence-corrected chi connectivity index (χ0v) is 22.8. The van der Waals surface area contributed by atoms with Gasteiger partial charge in [-0.2, -0.15) is 0 Å². The van der Waals surface area contributed by atoms with Crippen molar-refractivity contribution >= 4 is 46.5 Å². The average Bonchev–Trinajstić information content (AvgIpc) is 3.33. The van der Waals surface area contributed by atoms with Crippen LogP contribution < -0.4 is 0 Å². The second-order valence-electron chi connectivity index (χ2n) is 8.57. The maximum atomic E-state index is 13.0. The minimum atomic E-state index is -0.385. The number of likely N-dealkylation sites (N-methyl/N-ethyl adjacent to an activating group) is 1. The number of hydrogen-bond acceptors (Lipinski definition) is 7. The predicted octanol–water partition coefficient (Wildman–Crippen LogP) is 5.68. The quantitative estimate of drug-likeness (QED) is 0.288. The predicted molar refractivity (Wildman–Crippen MR) is 149 cm³/mol. The summed E-state index contributed by atoms with van der Waals surface area (Å²) in [6.07, 6.45) is 1.86. The zero-order valence-electron chi connectivity index (χ0n) is 22.0. The third-order valence-electron chi connectivity index (χ3n) is 5.98. The number of thioether (sulfide) groups is 1. The van der Waals surface area contributed by atoms with E-state index in [2.05, 4.69) is 4.99 Å². The van der Waals surface area contributed by atoms with Gasteiger partial charge < -0.3 is 14.0 Å². The summed E-state index contributed by atoms with van der Waals surface area (Å²) in [4.78, 5) is 43.8. The van der Waals surface area contributed by atoms with Crippen molar-refractivity contribution in [2.24, 2.45) is 4.99 Å². The van der Waals surface area contributed by atoms with Crippen molar-refractivity contribution in [2.75, 3.05) is 20.3 Å². The first kappa shape index (κ1) is 26.9. The molecule has 1 fully saturated rings. The van der Waals surface area contributed by atoms with E-state index >= 15 is 0 Å². The van der Waals surface area contributed by atoms with Gasteiger partial charge in [-0.3, -0.25) is 9.69 Å². The number of carbonyl (C=O) groups is 3. The summed E-state index contributed by atoms with van der Waals surface area (Å²) in [5.74, 6) is -0.895. The van der Waals surface area contributed by atoms with Crippen molar-refractivity contribution in [1.82, 2.24) is 9.47 Å². The minimum absolute atomic E-state index is 0.147. The molecule has 1 aromatic heterocycles. The van der Waals surface area contributed by atoms with Gasteiger partial charge in [0.15, 0.2) is 5.17 Å². The number of ether oxygens (including phenoxy) is 2. The molecule has 1 saturated heterocycles. The molecule has 0 bridgehead atoms. The molecule has 1 amide bonds. The number of hydrogen-bond donors (Lipinski definition) is 0. The Hall–Kier alpha value is -4.11. The molecule has 0 saturated carbocycles. The Kier molecular flexibility index (Phi) is 8.16. The molecule has 196 valence electrons. The van der Waals surface area contributed by atoms with E-state index in [0.717, 1.165) is 22.6 Å². The molecule has 0 unspecified atom stereocenters. The van der Waals surface area contributed by atoms with E-state index in [-0.39, 0.29) is 17.8 Å². The molecule has 9 heteroatoms. The molecule has 0 atom stereocenters. The van der Waals surface area contributed by atoms with Gasteiger partial charge in [-0.1, -0.05) is 6.07 Å². The van der Waals surface area contributed by atoms with Crippen molar-refractivity contribution in [2.45, 2.75) is 27.7 Å². The number of amidine groups is 1. The van der Waals surface area contributed by atoms with Crippen LogP contribution >= 0.6 is 11.8 Å². The van der Waals surface area contributed by atoms with Crippen LogP contribution in [0, 0.1) is 13.8 Å². The van der Waals surface area contributed by atoms with Crippen LogP contribution in [-0.2, 0) is 14.3 Å². The molecule has 0 radical (unpaired) electrons. The molecular formula is C29H29N3O5S. The monoisotopic (exact) mass is 531 g/mol. The topological polar surface area (TPSA) is 90.2 Å². The number of aliphatic imine (C=N–C) groups is 1. The van der Waals surface area contributed by atoms with Crippen LogP contribution in [0.4, 0.5) is 5.69 Å². The van der Waals surface area contributed by atoms with Gasteiger partial charge in [-0.25, -0.2) is 14.6 Å². The first-order chi connectivity index (χ1) is 18.2. The molecule has 1 aliphatic heterocycles. The van der Waals surface area contributed by atoms with E-state index in [9.17, 15) is 14.4 Å². The Labute approximate surface area is 226 Å². The lowest BCUT2D eigenvalue weighted by Crippen LogP contribution is -2.23. The summed E-state index contributed by atoms with van der Waals surface area (Å²) in [6.45, 7) is 8.11. The normalized spacial score (nSPS) is 15.4. The second-order valence-corrected chi connectivity index (χ2v) is 9.58. The van der Waals surface area contributed by atoms with Crippen LogP contribution in [0.2, 0.25) is 0 Å². The molecule has 0 spiro atoms. The fourth-order valence-corrected chi connectivity index (χ4v) is 5.08. The summed E-state index contributed by atoms with van der Waals surface area (Å²) in [5, 5.41) is 0.543. The Morgan fingerprint density at radius 2 is 1.61 bits per heavy atom. The maximum Gasteiger partial charge on any atom is 0.338 e. The minimum Gasteiger partial charge on any atom is -0.462 e. The highest BCUT2D eigenvalue weighted by Crippen LogP contribution is 2.34. The lowest BCUT2D eigenvalue weighted by atomic mass is 10.2. The number of carbonyl (C=O) groups excluding carboxylic acids is 3. The van der Waals surface area contributed by atoms with E-state index in [1.54, 1.807) is 57.3 Å². The maximum absolute atomic E-state index is 13.0. The van der Waals surface area contributed by atoms with Crippen molar-refractivity contribution in [3.05, 3.63) is 87.6 Å². The van der Waals surface area contributed by atoms with Crippen molar-refractivity contribution in [3.8, 4) is 5.69 Å². The molecule has 4 rings (SSSR count). The fraction of sp³-hybridized carbons (Fsp3) is 0.241.